The second kappa shape index (κ2) is 7.71. The number of nitrogens with one attached hydrogen (secondary N) is 1. The van der Waals surface area contributed by atoms with E-state index in [4.69, 9.17) is 44.4 Å². The summed E-state index contributed by atoms with van der Waals surface area (Å²) in [6.45, 7) is 4.00. The first-order chi connectivity index (χ1) is 10.5. The Bertz CT molecular complexity index is 663. The van der Waals surface area contributed by atoms with Crippen LogP contribution < -0.4 is 10.2 Å². The molecular weight excluding hydrogens is 345 g/mol. The average molecular weight is 363 g/mol. The molecule has 0 aliphatic heterocycles. The highest BCUT2D eigenvalue weighted by atomic mass is 35.5. The maximum absolute atomic E-state index is 6.48. The summed E-state index contributed by atoms with van der Waals surface area (Å²) in [6.07, 6.45) is 0.655. The van der Waals surface area contributed by atoms with E-state index in [1.807, 2.05) is 32.0 Å². The molecule has 3 nitrogen and oxygen atoms in total. The molecule has 0 saturated heterocycles. The monoisotopic (exact) mass is 361 g/mol. The maximum Gasteiger partial charge on any atom is 0.157 e. The van der Waals surface area contributed by atoms with Crippen LogP contribution in [0.4, 0.5) is 0 Å². The molecule has 1 N–H and O–H groups in total. The maximum atomic E-state index is 6.48. The second-order valence-corrected chi connectivity index (χ2v) is 6.26. The number of hydrogen-bond acceptors (Lipinski definition) is 3. The minimum atomic E-state index is -0.125. The van der Waals surface area contributed by atoms with E-state index >= 15 is 0 Å². The van der Waals surface area contributed by atoms with E-state index in [9.17, 15) is 0 Å². The smallest absolute Gasteiger partial charge is 0.157 e. The van der Waals surface area contributed by atoms with Crippen molar-refractivity contribution in [3.05, 3.63) is 39.3 Å². The van der Waals surface area contributed by atoms with Crippen LogP contribution in [0.15, 0.2) is 24.3 Å². The number of ether oxygens (including phenoxy) is 1. The van der Waals surface area contributed by atoms with Crippen LogP contribution in [-0.2, 0) is 4.84 Å². The fraction of sp³-hybridized carbons (Fsp3) is 0.375. The van der Waals surface area contributed by atoms with Crippen LogP contribution in [0.3, 0.4) is 0 Å². The standard InChI is InChI=1S/C16H18Cl3NO2/c1-4-14(9(2)20-21-3)22-16-13(18)8-10-7-11(17)5-6-12(10)15(16)19/h5-9,14,20H,4H2,1-3H3. The molecule has 0 heterocycles. The van der Waals surface area contributed by atoms with Crippen molar-refractivity contribution in [2.24, 2.45) is 0 Å². The van der Waals surface area contributed by atoms with Gasteiger partial charge in [0.1, 0.15) is 6.10 Å². The molecule has 2 aromatic rings. The van der Waals surface area contributed by atoms with Crippen molar-refractivity contribution in [2.75, 3.05) is 7.11 Å². The third-order valence-corrected chi connectivity index (χ3v) is 4.37. The van der Waals surface area contributed by atoms with Gasteiger partial charge in [0, 0.05) is 10.4 Å². The van der Waals surface area contributed by atoms with Crippen LogP contribution in [0.1, 0.15) is 20.3 Å². The van der Waals surface area contributed by atoms with Crippen LogP contribution in [-0.4, -0.2) is 19.3 Å². The minimum Gasteiger partial charge on any atom is -0.486 e. The van der Waals surface area contributed by atoms with Gasteiger partial charge in [-0.05, 0) is 36.9 Å². The van der Waals surface area contributed by atoms with Gasteiger partial charge < -0.3 is 9.57 Å². The molecule has 0 aromatic heterocycles. The highest BCUT2D eigenvalue weighted by Crippen LogP contribution is 2.40. The van der Waals surface area contributed by atoms with Gasteiger partial charge in [-0.3, -0.25) is 0 Å². The minimum absolute atomic E-state index is 0.0111. The van der Waals surface area contributed by atoms with Crippen molar-refractivity contribution in [2.45, 2.75) is 32.4 Å². The quantitative estimate of drug-likeness (QED) is 0.689. The van der Waals surface area contributed by atoms with Gasteiger partial charge in [-0.25, -0.2) is 0 Å². The van der Waals surface area contributed by atoms with Gasteiger partial charge in [-0.1, -0.05) is 47.8 Å². The lowest BCUT2D eigenvalue weighted by molar-refractivity contribution is 0.0206. The summed E-state index contributed by atoms with van der Waals surface area (Å²) in [5.74, 6) is 0.481. The third kappa shape index (κ3) is 3.79. The molecule has 0 saturated carbocycles. The van der Waals surface area contributed by atoms with E-state index in [0.717, 1.165) is 17.2 Å². The number of hydrogen-bond donors (Lipinski definition) is 1. The summed E-state index contributed by atoms with van der Waals surface area (Å²) < 4.78 is 6.04. The molecule has 0 amide bonds. The summed E-state index contributed by atoms with van der Waals surface area (Å²) in [6, 6.07) is 7.28. The summed E-state index contributed by atoms with van der Waals surface area (Å²) in [5.41, 5.74) is 2.87. The van der Waals surface area contributed by atoms with E-state index in [1.165, 1.54) is 0 Å². The molecule has 0 spiro atoms. The van der Waals surface area contributed by atoms with E-state index in [0.29, 0.717) is 20.8 Å². The van der Waals surface area contributed by atoms with Gasteiger partial charge >= 0.3 is 0 Å². The van der Waals surface area contributed by atoms with Crippen molar-refractivity contribution in [3.63, 3.8) is 0 Å². The lowest BCUT2D eigenvalue weighted by atomic mass is 10.1. The highest BCUT2D eigenvalue weighted by Gasteiger charge is 2.21. The highest BCUT2D eigenvalue weighted by molar-refractivity contribution is 6.41. The van der Waals surface area contributed by atoms with Crippen LogP contribution in [0.2, 0.25) is 15.1 Å². The molecule has 2 rings (SSSR count). The molecule has 22 heavy (non-hydrogen) atoms. The molecule has 0 aliphatic carbocycles. The average Bonchev–Trinajstić information content (AvgIpc) is 2.47. The summed E-state index contributed by atoms with van der Waals surface area (Å²) >= 11 is 18.8. The predicted molar refractivity (Wildman–Crippen MR) is 93.3 cm³/mol. The van der Waals surface area contributed by atoms with Crippen LogP contribution in [0, 0.1) is 0 Å². The summed E-state index contributed by atoms with van der Waals surface area (Å²) in [5, 5.41) is 3.32. The van der Waals surface area contributed by atoms with Crippen LogP contribution in [0.5, 0.6) is 5.75 Å². The van der Waals surface area contributed by atoms with Crippen molar-refractivity contribution < 1.29 is 9.57 Å². The number of rotatable bonds is 6. The Balaban J connectivity index is 2.40. The molecule has 120 valence electrons. The Kier molecular flexibility index (Phi) is 6.18. The lowest BCUT2D eigenvalue weighted by Crippen LogP contribution is -2.40. The zero-order valence-corrected chi connectivity index (χ0v) is 14.9. The fourth-order valence-corrected chi connectivity index (χ4v) is 3.15. The van der Waals surface area contributed by atoms with E-state index < -0.39 is 0 Å². The predicted octanol–water partition coefficient (Wildman–Crippen LogP) is 5.50. The fourth-order valence-electron chi connectivity index (χ4n) is 2.34. The first kappa shape index (κ1) is 17.6. The largest absolute Gasteiger partial charge is 0.486 e. The van der Waals surface area contributed by atoms with Gasteiger partial charge in [-0.2, -0.15) is 5.48 Å². The van der Waals surface area contributed by atoms with Crippen LogP contribution >= 0.6 is 34.8 Å². The van der Waals surface area contributed by atoms with E-state index in [-0.39, 0.29) is 12.1 Å². The lowest BCUT2D eigenvalue weighted by Gasteiger charge is -2.25. The van der Waals surface area contributed by atoms with Crippen molar-refractivity contribution in [3.8, 4) is 5.75 Å². The number of benzene rings is 2. The van der Waals surface area contributed by atoms with E-state index in [2.05, 4.69) is 5.48 Å². The first-order valence-corrected chi connectivity index (χ1v) is 8.13. The Hall–Kier alpha value is -0.710. The van der Waals surface area contributed by atoms with Crippen molar-refractivity contribution in [1.29, 1.82) is 0 Å². The molecule has 2 aromatic carbocycles. The van der Waals surface area contributed by atoms with Crippen molar-refractivity contribution >= 4 is 45.6 Å². The van der Waals surface area contributed by atoms with Gasteiger partial charge in [-0.15, -0.1) is 0 Å². The first-order valence-electron chi connectivity index (χ1n) is 7.00. The van der Waals surface area contributed by atoms with E-state index in [1.54, 1.807) is 13.2 Å². The molecule has 0 aliphatic rings. The van der Waals surface area contributed by atoms with Gasteiger partial charge in [0.25, 0.3) is 0 Å². The Morgan fingerprint density at radius 3 is 2.55 bits per heavy atom. The molecule has 0 bridgehead atoms. The zero-order valence-electron chi connectivity index (χ0n) is 12.6. The topological polar surface area (TPSA) is 30.5 Å². The van der Waals surface area contributed by atoms with Crippen LogP contribution in [0.25, 0.3) is 10.8 Å². The third-order valence-electron chi connectivity index (χ3n) is 3.48. The van der Waals surface area contributed by atoms with Gasteiger partial charge in [0.2, 0.25) is 0 Å². The SMILES string of the molecule is CCC(Oc1c(Cl)cc2cc(Cl)ccc2c1Cl)C(C)NOC. The zero-order chi connectivity index (χ0) is 16.3. The molecule has 0 radical (unpaired) electrons. The second-order valence-electron chi connectivity index (χ2n) is 5.04. The van der Waals surface area contributed by atoms with Crippen molar-refractivity contribution in [1.82, 2.24) is 5.48 Å². The van der Waals surface area contributed by atoms with Gasteiger partial charge in [0.15, 0.2) is 5.75 Å². The Labute approximate surface area is 145 Å². The summed E-state index contributed by atoms with van der Waals surface area (Å²) in [4.78, 5) is 4.96. The normalized spacial score (nSPS) is 14.1. The Morgan fingerprint density at radius 2 is 1.91 bits per heavy atom. The molecule has 0 fully saturated rings. The molecule has 2 unspecified atom stereocenters. The molecular formula is C16H18Cl3NO2. The van der Waals surface area contributed by atoms with Gasteiger partial charge in [0.05, 0.1) is 23.2 Å². The number of hydroxylamine groups is 1. The number of fused-ring (bicyclic) bond motifs is 1. The number of halogens is 3. The molecule has 2 atom stereocenters. The summed E-state index contributed by atoms with van der Waals surface area (Å²) in [7, 11) is 1.57. The molecule has 6 heteroatoms. The Morgan fingerprint density at radius 1 is 1.18 bits per heavy atom.